The first kappa shape index (κ1) is 18.9. The van der Waals surface area contributed by atoms with Crippen molar-refractivity contribution in [2.45, 2.75) is 32.7 Å². The standard InChI is InChI=1S/C17H20ClN3O4/c1-3-4-8-20-15(23)16(24)21(17(20)25)10-14(22)19-11(2)12-6-5-7-13(18)9-12/h5-7,9,11H,3-4,8,10H2,1-2H3,(H,19,22). The van der Waals surface area contributed by atoms with Gasteiger partial charge in [0.05, 0.1) is 6.04 Å². The van der Waals surface area contributed by atoms with Gasteiger partial charge in [-0.25, -0.2) is 9.69 Å². The van der Waals surface area contributed by atoms with Gasteiger partial charge in [0.15, 0.2) is 0 Å². The van der Waals surface area contributed by atoms with E-state index in [0.29, 0.717) is 16.3 Å². The highest BCUT2D eigenvalue weighted by atomic mass is 35.5. The fourth-order valence-corrected chi connectivity index (χ4v) is 2.69. The van der Waals surface area contributed by atoms with Crippen molar-refractivity contribution in [3.63, 3.8) is 0 Å². The topological polar surface area (TPSA) is 86.8 Å². The molecule has 0 radical (unpaired) electrons. The van der Waals surface area contributed by atoms with E-state index in [4.69, 9.17) is 11.6 Å². The molecule has 25 heavy (non-hydrogen) atoms. The molecule has 0 aromatic heterocycles. The second-order valence-corrected chi connectivity index (χ2v) is 6.26. The van der Waals surface area contributed by atoms with E-state index in [2.05, 4.69) is 5.32 Å². The molecule has 1 fully saturated rings. The van der Waals surface area contributed by atoms with Crippen LogP contribution in [0.3, 0.4) is 0 Å². The van der Waals surface area contributed by atoms with E-state index in [9.17, 15) is 19.2 Å². The lowest BCUT2D eigenvalue weighted by Gasteiger charge is -2.18. The normalized spacial score (nSPS) is 15.7. The lowest BCUT2D eigenvalue weighted by molar-refractivity contribution is -0.144. The Morgan fingerprint density at radius 1 is 1.20 bits per heavy atom. The Morgan fingerprint density at radius 2 is 1.88 bits per heavy atom. The van der Waals surface area contributed by atoms with Crippen molar-refractivity contribution in [2.24, 2.45) is 0 Å². The Hall–Kier alpha value is -2.41. The highest BCUT2D eigenvalue weighted by Gasteiger charge is 2.44. The van der Waals surface area contributed by atoms with Gasteiger partial charge in [0.25, 0.3) is 0 Å². The van der Waals surface area contributed by atoms with Gasteiger partial charge in [-0.1, -0.05) is 37.1 Å². The van der Waals surface area contributed by atoms with Crippen LogP contribution in [0.5, 0.6) is 0 Å². The molecule has 5 amide bonds. The van der Waals surface area contributed by atoms with Crippen molar-refractivity contribution in [1.82, 2.24) is 15.1 Å². The molecule has 1 saturated heterocycles. The summed E-state index contributed by atoms with van der Waals surface area (Å²) in [5, 5.41) is 3.23. The molecule has 1 heterocycles. The lowest BCUT2D eigenvalue weighted by atomic mass is 10.1. The van der Waals surface area contributed by atoms with Crippen LogP contribution in [0.2, 0.25) is 5.02 Å². The van der Waals surface area contributed by atoms with E-state index in [-0.39, 0.29) is 12.6 Å². The van der Waals surface area contributed by atoms with E-state index >= 15 is 0 Å². The molecule has 1 aliphatic heterocycles. The third kappa shape index (κ3) is 4.36. The minimum atomic E-state index is -0.966. The van der Waals surface area contributed by atoms with Crippen molar-refractivity contribution in [3.8, 4) is 0 Å². The van der Waals surface area contributed by atoms with Gasteiger partial charge in [0.2, 0.25) is 5.91 Å². The number of amides is 5. The number of nitrogens with zero attached hydrogens (tertiary/aromatic N) is 2. The maximum absolute atomic E-state index is 12.2. The summed E-state index contributed by atoms with van der Waals surface area (Å²) in [5.41, 5.74) is 0.792. The van der Waals surface area contributed by atoms with Crippen molar-refractivity contribution in [3.05, 3.63) is 34.9 Å². The number of rotatable bonds is 7. The zero-order valence-electron chi connectivity index (χ0n) is 14.1. The highest BCUT2D eigenvalue weighted by Crippen LogP contribution is 2.18. The molecule has 8 heteroatoms. The van der Waals surface area contributed by atoms with E-state index in [1.165, 1.54) is 0 Å². The smallest absolute Gasteiger partial charge is 0.334 e. The second kappa shape index (κ2) is 8.11. The summed E-state index contributed by atoms with van der Waals surface area (Å²) >= 11 is 5.92. The predicted octanol–water partition coefficient (Wildman–Crippen LogP) is 2.11. The van der Waals surface area contributed by atoms with Gasteiger partial charge in [-0.15, -0.1) is 0 Å². The zero-order chi connectivity index (χ0) is 18.6. The molecule has 0 saturated carbocycles. The largest absolute Gasteiger partial charge is 0.348 e. The van der Waals surface area contributed by atoms with E-state index in [1.54, 1.807) is 31.2 Å². The van der Waals surface area contributed by atoms with Gasteiger partial charge in [-0.05, 0) is 31.0 Å². The SMILES string of the molecule is CCCCN1C(=O)C(=O)N(CC(=O)NC(C)c2cccc(Cl)c2)C1=O. The molecule has 0 spiro atoms. The molecule has 7 nitrogen and oxygen atoms in total. The van der Waals surface area contributed by atoms with Crippen LogP contribution in [0, 0.1) is 0 Å². The quantitative estimate of drug-likeness (QED) is 0.592. The minimum Gasteiger partial charge on any atom is -0.348 e. The number of hydrogen-bond acceptors (Lipinski definition) is 4. The van der Waals surface area contributed by atoms with Crippen LogP contribution in [0.4, 0.5) is 4.79 Å². The molecule has 1 aromatic carbocycles. The molecule has 0 bridgehead atoms. The van der Waals surface area contributed by atoms with Crippen LogP contribution in [0.25, 0.3) is 0 Å². The first-order chi connectivity index (χ1) is 11.8. The molecular weight excluding hydrogens is 346 g/mol. The predicted molar refractivity (Wildman–Crippen MR) is 91.7 cm³/mol. The van der Waals surface area contributed by atoms with Crippen LogP contribution in [0.15, 0.2) is 24.3 Å². The molecule has 1 atom stereocenters. The van der Waals surface area contributed by atoms with Crippen LogP contribution in [0.1, 0.15) is 38.3 Å². The lowest BCUT2D eigenvalue weighted by Crippen LogP contribution is -2.42. The average molecular weight is 366 g/mol. The average Bonchev–Trinajstić information content (AvgIpc) is 2.77. The monoisotopic (exact) mass is 365 g/mol. The molecule has 1 unspecified atom stereocenters. The number of nitrogens with one attached hydrogen (secondary N) is 1. The Bertz CT molecular complexity index is 707. The zero-order valence-corrected chi connectivity index (χ0v) is 14.9. The molecule has 0 aliphatic carbocycles. The summed E-state index contributed by atoms with van der Waals surface area (Å²) in [5.74, 6) is -2.37. The summed E-state index contributed by atoms with van der Waals surface area (Å²) in [6.45, 7) is 3.36. The summed E-state index contributed by atoms with van der Waals surface area (Å²) in [6, 6.07) is 5.91. The minimum absolute atomic E-state index is 0.178. The van der Waals surface area contributed by atoms with Gasteiger partial charge in [0.1, 0.15) is 6.54 Å². The van der Waals surface area contributed by atoms with Crippen LogP contribution in [-0.4, -0.2) is 46.6 Å². The van der Waals surface area contributed by atoms with E-state index in [1.807, 2.05) is 6.92 Å². The van der Waals surface area contributed by atoms with Gasteiger partial charge in [-0.3, -0.25) is 19.3 Å². The van der Waals surface area contributed by atoms with Crippen molar-refractivity contribution < 1.29 is 19.2 Å². The molecule has 1 N–H and O–H groups in total. The Labute approximate surface area is 150 Å². The van der Waals surface area contributed by atoms with Crippen LogP contribution < -0.4 is 5.32 Å². The first-order valence-corrected chi connectivity index (χ1v) is 8.45. The van der Waals surface area contributed by atoms with E-state index in [0.717, 1.165) is 16.9 Å². The number of unbranched alkanes of at least 4 members (excludes halogenated alkanes) is 1. The number of hydrogen-bond donors (Lipinski definition) is 1. The number of carbonyl (C=O) groups excluding carboxylic acids is 4. The van der Waals surface area contributed by atoms with Gasteiger partial charge in [0, 0.05) is 11.6 Å². The van der Waals surface area contributed by atoms with Crippen molar-refractivity contribution in [1.29, 1.82) is 0 Å². The fourth-order valence-electron chi connectivity index (χ4n) is 2.49. The van der Waals surface area contributed by atoms with E-state index < -0.39 is 30.3 Å². The van der Waals surface area contributed by atoms with Gasteiger partial charge < -0.3 is 5.32 Å². The van der Waals surface area contributed by atoms with Crippen molar-refractivity contribution >= 4 is 35.4 Å². The molecule has 134 valence electrons. The number of halogens is 1. The maximum Gasteiger partial charge on any atom is 0.334 e. The number of urea groups is 1. The third-order valence-corrected chi connectivity index (χ3v) is 4.13. The maximum atomic E-state index is 12.2. The summed E-state index contributed by atoms with van der Waals surface area (Å²) in [7, 11) is 0. The first-order valence-electron chi connectivity index (χ1n) is 8.07. The summed E-state index contributed by atoms with van der Waals surface area (Å²) in [4.78, 5) is 49.7. The number of benzene rings is 1. The summed E-state index contributed by atoms with van der Waals surface area (Å²) in [6.07, 6.45) is 1.39. The number of imide groups is 2. The summed E-state index contributed by atoms with van der Waals surface area (Å²) < 4.78 is 0. The number of carbonyl (C=O) groups is 4. The van der Waals surface area contributed by atoms with Crippen molar-refractivity contribution in [2.75, 3.05) is 13.1 Å². The Kier molecular flexibility index (Phi) is 6.14. The van der Waals surface area contributed by atoms with Crippen LogP contribution in [-0.2, 0) is 14.4 Å². The Morgan fingerprint density at radius 3 is 2.52 bits per heavy atom. The van der Waals surface area contributed by atoms with Gasteiger partial charge in [-0.2, -0.15) is 0 Å². The Balaban J connectivity index is 1.99. The molecule has 1 aromatic rings. The molecule has 2 rings (SSSR count). The third-order valence-electron chi connectivity index (χ3n) is 3.90. The van der Waals surface area contributed by atoms with Crippen LogP contribution >= 0.6 is 11.6 Å². The second-order valence-electron chi connectivity index (χ2n) is 5.83. The molecular formula is C17H20ClN3O4. The van der Waals surface area contributed by atoms with Gasteiger partial charge >= 0.3 is 17.8 Å². The fraction of sp³-hybridized carbons (Fsp3) is 0.412. The highest BCUT2D eigenvalue weighted by molar-refractivity contribution is 6.45. The molecule has 1 aliphatic rings.